The third-order valence-corrected chi connectivity index (χ3v) is 1.65. The van der Waals surface area contributed by atoms with Crippen LogP contribution in [0.1, 0.15) is 0 Å². The summed E-state index contributed by atoms with van der Waals surface area (Å²) >= 11 is 0. The van der Waals surface area contributed by atoms with Crippen molar-refractivity contribution >= 4 is 11.5 Å². The van der Waals surface area contributed by atoms with Crippen molar-refractivity contribution < 1.29 is 4.92 Å². The molecule has 6 heteroatoms. The van der Waals surface area contributed by atoms with E-state index >= 15 is 0 Å². The number of nitrogens with one attached hydrogen (secondary N) is 2. The molecule has 1 heterocycles. The van der Waals surface area contributed by atoms with Gasteiger partial charge in [-0.2, -0.15) is 0 Å². The number of aromatic nitrogens is 1. The summed E-state index contributed by atoms with van der Waals surface area (Å²) in [5, 5.41) is 16.4. The lowest BCUT2D eigenvalue weighted by Gasteiger charge is -2.04. The number of rotatable bonds is 5. The van der Waals surface area contributed by atoms with Crippen LogP contribution in [0.15, 0.2) is 18.3 Å². The normalized spacial score (nSPS) is 9.79. The highest BCUT2D eigenvalue weighted by Crippen LogP contribution is 2.19. The number of likely N-dealkylation sites (N-methyl/N-ethyl adjacent to an activating group) is 1. The fourth-order valence-electron chi connectivity index (χ4n) is 1.00. The van der Waals surface area contributed by atoms with Crippen LogP contribution >= 0.6 is 0 Å². The Hall–Kier alpha value is -1.69. The maximum Gasteiger partial charge on any atom is 0.386 e. The molecular weight excluding hydrogens is 184 g/mol. The van der Waals surface area contributed by atoms with Crippen LogP contribution in [-0.2, 0) is 0 Å². The second-order valence-electron chi connectivity index (χ2n) is 2.66. The molecule has 0 aliphatic heterocycles. The zero-order valence-electron chi connectivity index (χ0n) is 7.86. The Bertz CT molecular complexity index is 316. The van der Waals surface area contributed by atoms with E-state index in [4.69, 9.17) is 0 Å². The molecule has 6 nitrogen and oxygen atoms in total. The van der Waals surface area contributed by atoms with Gasteiger partial charge < -0.3 is 20.7 Å². The van der Waals surface area contributed by atoms with E-state index in [0.717, 1.165) is 6.54 Å². The van der Waals surface area contributed by atoms with Crippen LogP contribution in [0.2, 0.25) is 0 Å². The standard InChI is InChI=1S/C8H12N4O2/c1-9-5-6-10-7-3-2-4-11-8(7)12(13)14/h2-4,9-10H,5-6H2,1H3. The molecule has 0 unspecified atom stereocenters. The minimum atomic E-state index is -0.498. The number of anilines is 1. The minimum Gasteiger partial charge on any atom is -0.377 e. The predicted octanol–water partition coefficient (Wildman–Crippen LogP) is 0.621. The first-order chi connectivity index (χ1) is 6.75. The zero-order chi connectivity index (χ0) is 10.4. The Morgan fingerprint density at radius 1 is 1.57 bits per heavy atom. The van der Waals surface area contributed by atoms with E-state index in [0.29, 0.717) is 12.2 Å². The summed E-state index contributed by atoms with van der Waals surface area (Å²) in [5.74, 6) is -0.136. The number of nitro groups is 1. The molecule has 0 spiro atoms. The van der Waals surface area contributed by atoms with Gasteiger partial charge in [-0.1, -0.05) is 0 Å². The van der Waals surface area contributed by atoms with Crippen LogP contribution < -0.4 is 10.6 Å². The van der Waals surface area contributed by atoms with Crippen molar-refractivity contribution in [1.29, 1.82) is 0 Å². The van der Waals surface area contributed by atoms with Gasteiger partial charge in [0.15, 0.2) is 0 Å². The first-order valence-electron chi connectivity index (χ1n) is 4.23. The lowest BCUT2D eigenvalue weighted by molar-refractivity contribution is -0.388. The molecule has 1 aromatic rings. The SMILES string of the molecule is CNCCNc1cccnc1[N+](=O)[O-]. The molecule has 0 amide bonds. The van der Waals surface area contributed by atoms with Gasteiger partial charge in [-0.15, -0.1) is 0 Å². The average molecular weight is 196 g/mol. The Balaban J connectivity index is 2.69. The third-order valence-electron chi connectivity index (χ3n) is 1.65. The fourth-order valence-corrected chi connectivity index (χ4v) is 1.00. The Morgan fingerprint density at radius 2 is 2.36 bits per heavy atom. The highest BCUT2D eigenvalue weighted by Gasteiger charge is 2.12. The molecule has 2 N–H and O–H groups in total. The number of pyridine rings is 1. The zero-order valence-corrected chi connectivity index (χ0v) is 7.86. The van der Waals surface area contributed by atoms with Crippen molar-refractivity contribution in [3.63, 3.8) is 0 Å². The number of hydrogen-bond donors (Lipinski definition) is 2. The van der Waals surface area contributed by atoms with Gasteiger partial charge in [0.25, 0.3) is 0 Å². The van der Waals surface area contributed by atoms with Crippen LogP contribution in [0, 0.1) is 10.1 Å². The van der Waals surface area contributed by atoms with E-state index in [2.05, 4.69) is 15.6 Å². The van der Waals surface area contributed by atoms with Crippen molar-refractivity contribution in [1.82, 2.24) is 10.3 Å². The van der Waals surface area contributed by atoms with E-state index in [-0.39, 0.29) is 5.82 Å². The Morgan fingerprint density at radius 3 is 3.00 bits per heavy atom. The summed E-state index contributed by atoms with van der Waals surface area (Å²) in [6, 6.07) is 3.30. The van der Waals surface area contributed by atoms with Gasteiger partial charge in [-0.05, 0) is 29.1 Å². The van der Waals surface area contributed by atoms with Crippen molar-refractivity contribution in [2.24, 2.45) is 0 Å². The quantitative estimate of drug-likeness (QED) is 0.410. The van der Waals surface area contributed by atoms with Gasteiger partial charge in [0.1, 0.15) is 11.9 Å². The first-order valence-corrected chi connectivity index (χ1v) is 4.23. The first kappa shape index (κ1) is 10.4. The largest absolute Gasteiger partial charge is 0.386 e. The van der Waals surface area contributed by atoms with E-state index in [1.54, 1.807) is 12.1 Å². The molecule has 0 fully saturated rings. The van der Waals surface area contributed by atoms with Crippen LogP contribution in [0.4, 0.5) is 11.5 Å². The van der Waals surface area contributed by atoms with Crippen LogP contribution in [0.3, 0.4) is 0 Å². The molecule has 0 atom stereocenters. The lowest BCUT2D eigenvalue weighted by Crippen LogP contribution is -2.18. The summed E-state index contributed by atoms with van der Waals surface area (Å²) in [6.45, 7) is 1.37. The minimum absolute atomic E-state index is 0.136. The molecule has 1 rings (SSSR count). The van der Waals surface area contributed by atoms with E-state index in [1.165, 1.54) is 6.20 Å². The smallest absolute Gasteiger partial charge is 0.377 e. The molecule has 0 bridgehead atoms. The van der Waals surface area contributed by atoms with E-state index in [1.807, 2.05) is 7.05 Å². The number of hydrogen-bond acceptors (Lipinski definition) is 5. The van der Waals surface area contributed by atoms with Gasteiger partial charge in [0.2, 0.25) is 0 Å². The highest BCUT2D eigenvalue weighted by molar-refractivity contribution is 5.56. The monoisotopic (exact) mass is 196 g/mol. The van der Waals surface area contributed by atoms with Crippen molar-refractivity contribution in [3.8, 4) is 0 Å². The third kappa shape index (κ3) is 2.67. The van der Waals surface area contributed by atoms with E-state index < -0.39 is 4.92 Å². The highest BCUT2D eigenvalue weighted by atomic mass is 16.6. The molecule has 0 aromatic carbocycles. The predicted molar refractivity (Wildman–Crippen MR) is 53.3 cm³/mol. The molecule has 0 saturated heterocycles. The van der Waals surface area contributed by atoms with Crippen LogP contribution in [0.25, 0.3) is 0 Å². The average Bonchev–Trinajstić information content (AvgIpc) is 2.19. The molecule has 0 radical (unpaired) electrons. The number of nitrogens with zero attached hydrogens (tertiary/aromatic N) is 2. The molecule has 1 aromatic heterocycles. The molecule has 76 valence electrons. The van der Waals surface area contributed by atoms with Crippen LogP contribution in [-0.4, -0.2) is 30.0 Å². The molecule has 0 aliphatic rings. The molecule has 14 heavy (non-hydrogen) atoms. The maximum absolute atomic E-state index is 10.5. The fraction of sp³-hybridized carbons (Fsp3) is 0.375. The Labute approximate surface area is 81.5 Å². The van der Waals surface area contributed by atoms with Crippen molar-refractivity contribution in [3.05, 3.63) is 28.4 Å². The summed E-state index contributed by atoms with van der Waals surface area (Å²) in [5.41, 5.74) is 0.452. The van der Waals surface area contributed by atoms with Gasteiger partial charge in [0, 0.05) is 13.1 Å². The van der Waals surface area contributed by atoms with Crippen molar-refractivity contribution in [2.75, 3.05) is 25.5 Å². The van der Waals surface area contributed by atoms with Gasteiger partial charge >= 0.3 is 5.82 Å². The molecule has 0 aliphatic carbocycles. The van der Waals surface area contributed by atoms with Gasteiger partial charge in [0.05, 0.1) is 0 Å². The van der Waals surface area contributed by atoms with Crippen molar-refractivity contribution in [2.45, 2.75) is 0 Å². The summed E-state index contributed by atoms with van der Waals surface area (Å²) in [4.78, 5) is 13.7. The van der Waals surface area contributed by atoms with Gasteiger partial charge in [-0.25, -0.2) is 0 Å². The van der Waals surface area contributed by atoms with E-state index in [9.17, 15) is 10.1 Å². The van der Waals surface area contributed by atoms with Gasteiger partial charge in [-0.3, -0.25) is 0 Å². The maximum atomic E-state index is 10.5. The topological polar surface area (TPSA) is 80.1 Å². The summed E-state index contributed by atoms with van der Waals surface area (Å²) in [7, 11) is 1.82. The second kappa shape index (κ2) is 5.13. The Kier molecular flexibility index (Phi) is 3.81. The lowest BCUT2D eigenvalue weighted by atomic mass is 10.4. The second-order valence-corrected chi connectivity index (χ2v) is 2.66. The summed E-state index contributed by atoms with van der Waals surface area (Å²) in [6.07, 6.45) is 1.40. The molecular formula is C8H12N4O2. The molecule has 0 saturated carbocycles. The van der Waals surface area contributed by atoms with Crippen LogP contribution in [0.5, 0.6) is 0 Å². The summed E-state index contributed by atoms with van der Waals surface area (Å²) < 4.78 is 0.